The van der Waals surface area contributed by atoms with Gasteiger partial charge < -0.3 is 5.32 Å². The van der Waals surface area contributed by atoms with E-state index in [2.05, 4.69) is 10.3 Å². The predicted octanol–water partition coefficient (Wildman–Crippen LogP) is 3.30. The Hall–Kier alpha value is -3.28. The van der Waals surface area contributed by atoms with E-state index in [1.54, 1.807) is 18.2 Å². The standard InChI is InChI=1S/C20H18FN3O2/c1-13-7-8-17(14(2)9-13)23-19(25)11-24-12-22-18(10-20(24)26)15-5-3-4-6-16(15)21/h3-10,12H,11H2,1-2H3,(H,23,25). The fourth-order valence-corrected chi connectivity index (χ4v) is 2.66. The molecule has 3 rings (SSSR count). The average molecular weight is 351 g/mol. The third-order valence-corrected chi connectivity index (χ3v) is 4.00. The van der Waals surface area contributed by atoms with E-state index in [4.69, 9.17) is 0 Å². The first-order valence-electron chi connectivity index (χ1n) is 8.12. The lowest BCUT2D eigenvalue weighted by atomic mass is 10.1. The van der Waals surface area contributed by atoms with Crippen LogP contribution in [0.1, 0.15) is 11.1 Å². The van der Waals surface area contributed by atoms with Crippen LogP contribution >= 0.6 is 0 Å². The summed E-state index contributed by atoms with van der Waals surface area (Å²) in [4.78, 5) is 28.6. The van der Waals surface area contributed by atoms with Gasteiger partial charge in [-0.05, 0) is 37.6 Å². The molecule has 1 aromatic heterocycles. The van der Waals surface area contributed by atoms with Crippen molar-refractivity contribution in [2.24, 2.45) is 0 Å². The molecule has 0 spiro atoms. The summed E-state index contributed by atoms with van der Waals surface area (Å²) < 4.78 is 15.0. The Morgan fingerprint density at radius 2 is 1.92 bits per heavy atom. The quantitative estimate of drug-likeness (QED) is 0.784. The van der Waals surface area contributed by atoms with Crippen molar-refractivity contribution in [3.8, 4) is 11.3 Å². The van der Waals surface area contributed by atoms with Crippen molar-refractivity contribution < 1.29 is 9.18 Å². The van der Waals surface area contributed by atoms with Crippen molar-refractivity contribution in [3.63, 3.8) is 0 Å². The van der Waals surface area contributed by atoms with E-state index < -0.39 is 11.4 Å². The number of aryl methyl sites for hydroxylation is 2. The zero-order chi connectivity index (χ0) is 18.7. The van der Waals surface area contributed by atoms with Crippen LogP contribution in [0.2, 0.25) is 0 Å². The van der Waals surface area contributed by atoms with E-state index >= 15 is 0 Å². The van der Waals surface area contributed by atoms with Gasteiger partial charge in [0.05, 0.1) is 12.0 Å². The first-order valence-corrected chi connectivity index (χ1v) is 8.12. The Balaban J connectivity index is 1.77. The van der Waals surface area contributed by atoms with Gasteiger partial charge in [0, 0.05) is 17.3 Å². The summed E-state index contributed by atoms with van der Waals surface area (Å²) in [5, 5.41) is 2.78. The molecule has 3 aromatic rings. The minimum absolute atomic E-state index is 0.170. The molecule has 1 heterocycles. The third-order valence-electron chi connectivity index (χ3n) is 4.00. The zero-order valence-corrected chi connectivity index (χ0v) is 14.5. The van der Waals surface area contributed by atoms with Crippen molar-refractivity contribution in [1.29, 1.82) is 0 Å². The highest BCUT2D eigenvalue weighted by Crippen LogP contribution is 2.18. The van der Waals surface area contributed by atoms with Gasteiger partial charge >= 0.3 is 0 Å². The van der Waals surface area contributed by atoms with Crippen molar-refractivity contribution in [1.82, 2.24) is 9.55 Å². The number of halogens is 1. The van der Waals surface area contributed by atoms with Crippen LogP contribution < -0.4 is 10.9 Å². The van der Waals surface area contributed by atoms with E-state index in [0.717, 1.165) is 11.1 Å². The van der Waals surface area contributed by atoms with Crippen molar-refractivity contribution >= 4 is 11.6 Å². The van der Waals surface area contributed by atoms with Gasteiger partial charge in [-0.15, -0.1) is 0 Å². The van der Waals surface area contributed by atoms with Crippen LogP contribution in [0.15, 0.2) is 59.7 Å². The summed E-state index contributed by atoms with van der Waals surface area (Å²) >= 11 is 0. The van der Waals surface area contributed by atoms with Gasteiger partial charge in [-0.2, -0.15) is 0 Å². The number of nitrogens with zero attached hydrogens (tertiary/aromatic N) is 2. The molecule has 6 heteroatoms. The summed E-state index contributed by atoms with van der Waals surface area (Å²) in [6.07, 6.45) is 1.26. The molecule has 2 aromatic carbocycles. The van der Waals surface area contributed by atoms with E-state index in [-0.39, 0.29) is 23.7 Å². The fraction of sp³-hybridized carbons (Fsp3) is 0.150. The molecule has 0 radical (unpaired) electrons. The third kappa shape index (κ3) is 3.85. The maximum absolute atomic E-state index is 13.8. The fourth-order valence-electron chi connectivity index (χ4n) is 2.66. The normalized spacial score (nSPS) is 10.6. The largest absolute Gasteiger partial charge is 0.324 e. The van der Waals surface area contributed by atoms with Crippen LogP contribution in [-0.2, 0) is 11.3 Å². The molecule has 0 atom stereocenters. The number of benzene rings is 2. The molecule has 0 bridgehead atoms. The Morgan fingerprint density at radius 1 is 1.15 bits per heavy atom. The van der Waals surface area contributed by atoms with Crippen molar-refractivity contribution in [2.75, 3.05) is 5.32 Å². The Morgan fingerprint density at radius 3 is 2.62 bits per heavy atom. The highest BCUT2D eigenvalue weighted by atomic mass is 19.1. The minimum Gasteiger partial charge on any atom is -0.324 e. The number of carbonyl (C=O) groups is 1. The summed E-state index contributed by atoms with van der Waals surface area (Å²) in [7, 11) is 0. The molecule has 0 saturated heterocycles. The smallest absolute Gasteiger partial charge is 0.254 e. The number of hydrogen-bond donors (Lipinski definition) is 1. The molecule has 0 aliphatic carbocycles. The lowest BCUT2D eigenvalue weighted by molar-refractivity contribution is -0.116. The van der Waals surface area contributed by atoms with Crippen molar-refractivity contribution in [2.45, 2.75) is 20.4 Å². The topological polar surface area (TPSA) is 64.0 Å². The van der Waals surface area contributed by atoms with E-state index in [1.165, 1.54) is 23.0 Å². The van der Waals surface area contributed by atoms with Crippen LogP contribution in [-0.4, -0.2) is 15.5 Å². The van der Waals surface area contributed by atoms with Crippen LogP contribution in [0.5, 0.6) is 0 Å². The highest BCUT2D eigenvalue weighted by molar-refractivity contribution is 5.91. The van der Waals surface area contributed by atoms with Gasteiger partial charge in [0.15, 0.2) is 0 Å². The van der Waals surface area contributed by atoms with Gasteiger partial charge in [0.2, 0.25) is 5.91 Å². The van der Waals surface area contributed by atoms with Gasteiger partial charge in [-0.25, -0.2) is 9.37 Å². The molecule has 132 valence electrons. The van der Waals surface area contributed by atoms with Crippen LogP contribution in [0, 0.1) is 19.7 Å². The summed E-state index contributed by atoms with van der Waals surface area (Å²) in [5.41, 5.74) is 2.80. The molecule has 26 heavy (non-hydrogen) atoms. The van der Waals surface area contributed by atoms with Gasteiger partial charge in [-0.3, -0.25) is 14.2 Å². The Kier molecular flexibility index (Phi) is 4.93. The molecule has 0 fully saturated rings. The molecular formula is C20H18FN3O2. The average Bonchev–Trinajstić information content (AvgIpc) is 2.60. The Bertz CT molecular complexity index is 1030. The number of hydrogen-bond acceptors (Lipinski definition) is 3. The van der Waals surface area contributed by atoms with Gasteiger partial charge in [0.1, 0.15) is 12.4 Å². The summed E-state index contributed by atoms with van der Waals surface area (Å²) in [6.45, 7) is 3.71. The van der Waals surface area contributed by atoms with Crippen molar-refractivity contribution in [3.05, 3.63) is 82.2 Å². The molecule has 5 nitrogen and oxygen atoms in total. The van der Waals surface area contributed by atoms with E-state index in [9.17, 15) is 14.0 Å². The maximum Gasteiger partial charge on any atom is 0.254 e. The Labute approximate surface area is 150 Å². The van der Waals surface area contributed by atoms with Crippen LogP contribution in [0.3, 0.4) is 0 Å². The molecule has 1 amide bonds. The van der Waals surface area contributed by atoms with Crippen LogP contribution in [0.25, 0.3) is 11.3 Å². The number of carbonyl (C=O) groups excluding carboxylic acids is 1. The second kappa shape index (κ2) is 7.31. The lowest BCUT2D eigenvalue weighted by Gasteiger charge is -2.10. The molecule has 1 N–H and O–H groups in total. The molecule has 0 saturated carbocycles. The van der Waals surface area contributed by atoms with E-state index in [0.29, 0.717) is 5.69 Å². The second-order valence-corrected chi connectivity index (χ2v) is 6.09. The number of nitrogens with one attached hydrogen (secondary N) is 1. The number of amides is 1. The molecule has 0 aliphatic rings. The first-order chi connectivity index (χ1) is 12.4. The lowest BCUT2D eigenvalue weighted by Crippen LogP contribution is -2.27. The van der Waals surface area contributed by atoms with Gasteiger partial charge in [-0.1, -0.05) is 29.8 Å². The number of aromatic nitrogens is 2. The minimum atomic E-state index is -0.454. The van der Waals surface area contributed by atoms with E-state index in [1.807, 2.05) is 32.0 Å². The highest BCUT2D eigenvalue weighted by Gasteiger charge is 2.10. The predicted molar refractivity (Wildman–Crippen MR) is 98.4 cm³/mol. The van der Waals surface area contributed by atoms with Gasteiger partial charge in [0.25, 0.3) is 5.56 Å². The first kappa shape index (κ1) is 17.5. The second-order valence-electron chi connectivity index (χ2n) is 6.09. The summed E-state index contributed by atoms with van der Waals surface area (Å²) in [5.74, 6) is -0.788. The number of rotatable bonds is 4. The maximum atomic E-state index is 13.8. The molecular weight excluding hydrogens is 333 g/mol. The van der Waals surface area contributed by atoms with Crippen LogP contribution in [0.4, 0.5) is 10.1 Å². The monoisotopic (exact) mass is 351 g/mol. The zero-order valence-electron chi connectivity index (χ0n) is 14.5. The summed E-state index contributed by atoms with van der Waals surface area (Å²) in [6, 6.07) is 13.0. The molecule has 0 aliphatic heterocycles. The number of anilines is 1. The molecule has 0 unspecified atom stereocenters. The SMILES string of the molecule is Cc1ccc(NC(=O)Cn2cnc(-c3ccccc3F)cc2=O)c(C)c1.